The summed E-state index contributed by atoms with van der Waals surface area (Å²) in [7, 11) is 0.265. The lowest BCUT2D eigenvalue weighted by Crippen LogP contribution is -2.19. The molecule has 1 atom stereocenters. The van der Waals surface area contributed by atoms with Gasteiger partial charge in [0.2, 0.25) is 0 Å². The van der Waals surface area contributed by atoms with Crippen LogP contribution in [0.2, 0.25) is 0 Å². The zero-order chi connectivity index (χ0) is 12.2. The molecule has 6 heteroatoms. The molecule has 0 radical (unpaired) electrons. The van der Waals surface area contributed by atoms with Crippen molar-refractivity contribution in [2.24, 2.45) is 0 Å². The average Bonchev–Trinajstić information content (AvgIpc) is 2.15. The molecule has 90 valence electrons. The summed E-state index contributed by atoms with van der Waals surface area (Å²) < 4.78 is 30.7. The van der Waals surface area contributed by atoms with Crippen molar-refractivity contribution in [2.45, 2.75) is 5.25 Å². The highest BCUT2D eigenvalue weighted by atomic mass is 33.1. The lowest BCUT2D eigenvalue weighted by Gasteiger charge is -2.19. The Morgan fingerprint density at radius 3 is 2.31 bits per heavy atom. The first-order valence-corrected chi connectivity index (χ1v) is 7.57. The standard InChI is InChI=1S/C10H15NO3S2/c1-11(2)8-10(15-16(12,13)14)9-6-4-3-5-7-9/h3-7,10H,8H2,1-2H3,(H,12,13,14)/t10-/m0/s1. The van der Waals surface area contributed by atoms with Crippen molar-refractivity contribution in [3.8, 4) is 0 Å². The van der Waals surface area contributed by atoms with Gasteiger partial charge in [0.15, 0.2) is 0 Å². The van der Waals surface area contributed by atoms with Crippen molar-refractivity contribution in [3.05, 3.63) is 35.9 Å². The first-order valence-electron chi connectivity index (χ1n) is 4.74. The van der Waals surface area contributed by atoms with Gasteiger partial charge in [0.05, 0.1) is 5.25 Å². The van der Waals surface area contributed by atoms with Gasteiger partial charge in [-0.2, -0.15) is 8.42 Å². The van der Waals surface area contributed by atoms with Crippen LogP contribution in [-0.2, 0) is 9.15 Å². The molecule has 0 saturated carbocycles. The van der Waals surface area contributed by atoms with Gasteiger partial charge >= 0.3 is 9.15 Å². The van der Waals surface area contributed by atoms with Gasteiger partial charge < -0.3 is 4.90 Å². The predicted octanol–water partition coefficient (Wildman–Crippen LogP) is 1.83. The molecule has 1 N–H and O–H groups in total. The molecule has 0 spiro atoms. The fraction of sp³-hybridized carbons (Fsp3) is 0.400. The van der Waals surface area contributed by atoms with E-state index in [1.54, 1.807) is 0 Å². The molecular weight excluding hydrogens is 246 g/mol. The first-order chi connectivity index (χ1) is 7.38. The highest BCUT2D eigenvalue weighted by Crippen LogP contribution is 2.32. The van der Waals surface area contributed by atoms with Gasteiger partial charge in [-0.05, 0) is 19.7 Å². The fourth-order valence-corrected chi connectivity index (χ4v) is 3.65. The highest BCUT2D eigenvalue weighted by molar-refractivity contribution is 8.70. The minimum absolute atomic E-state index is 0.286. The zero-order valence-corrected chi connectivity index (χ0v) is 10.8. The Bertz CT molecular complexity index is 417. The molecule has 4 nitrogen and oxygen atoms in total. The number of nitrogens with zero attached hydrogens (tertiary/aromatic N) is 1. The van der Waals surface area contributed by atoms with Gasteiger partial charge in [-0.1, -0.05) is 30.3 Å². The Morgan fingerprint density at radius 2 is 1.88 bits per heavy atom. The zero-order valence-electron chi connectivity index (χ0n) is 9.20. The lowest BCUT2D eigenvalue weighted by molar-refractivity contribution is 0.410. The molecule has 0 aromatic heterocycles. The fourth-order valence-electron chi connectivity index (χ4n) is 1.34. The molecule has 16 heavy (non-hydrogen) atoms. The molecule has 0 heterocycles. The van der Waals surface area contributed by atoms with Gasteiger partial charge in [0, 0.05) is 17.3 Å². The number of likely N-dealkylation sites (N-methyl/N-ethyl adjacent to an activating group) is 1. The Hall–Kier alpha value is -0.560. The molecule has 1 aromatic rings. The van der Waals surface area contributed by atoms with E-state index >= 15 is 0 Å². The molecule has 1 rings (SSSR count). The SMILES string of the molecule is CN(C)C[C@H](SS(=O)(=O)O)c1ccccc1. The van der Waals surface area contributed by atoms with E-state index in [9.17, 15) is 8.42 Å². The summed E-state index contributed by atoms with van der Waals surface area (Å²) in [5.41, 5.74) is 0.888. The van der Waals surface area contributed by atoms with Crippen LogP contribution in [0.25, 0.3) is 0 Å². The summed E-state index contributed by atoms with van der Waals surface area (Å²) in [6.45, 7) is 0.550. The van der Waals surface area contributed by atoms with Crippen LogP contribution >= 0.6 is 10.8 Å². The van der Waals surface area contributed by atoms with Gasteiger partial charge in [-0.3, -0.25) is 4.55 Å². The number of hydrogen-bond acceptors (Lipinski definition) is 4. The van der Waals surface area contributed by atoms with Crippen LogP contribution in [0.1, 0.15) is 10.8 Å². The molecule has 0 fully saturated rings. The Kier molecular flexibility index (Phi) is 4.79. The van der Waals surface area contributed by atoms with Crippen molar-refractivity contribution in [1.82, 2.24) is 4.90 Å². The maximum atomic E-state index is 10.9. The molecule has 0 aliphatic rings. The topological polar surface area (TPSA) is 57.6 Å². The number of benzene rings is 1. The van der Waals surface area contributed by atoms with E-state index in [2.05, 4.69) is 0 Å². The van der Waals surface area contributed by atoms with Gasteiger partial charge in [0.25, 0.3) is 0 Å². The van der Waals surface area contributed by atoms with Gasteiger partial charge in [0.1, 0.15) is 0 Å². The molecule has 0 aliphatic heterocycles. The quantitative estimate of drug-likeness (QED) is 0.647. The van der Waals surface area contributed by atoms with Crippen LogP contribution < -0.4 is 0 Å². The Balaban J connectivity index is 2.88. The maximum absolute atomic E-state index is 10.9. The average molecular weight is 261 g/mol. The number of rotatable bonds is 5. The molecule has 0 unspecified atom stereocenters. The molecular formula is C10H15NO3S2. The third-order valence-corrected chi connectivity index (χ3v) is 4.26. The second kappa shape index (κ2) is 5.67. The normalized spacial score (nSPS) is 14.0. The molecule has 0 bridgehead atoms. The Labute approximate surface area is 99.8 Å². The van der Waals surface area contributed by atoms with Crippen molar-refractivity contribution in [2.75, 3.05) is 20.6 Å². The largest absolute Gasteiger partial charge is 0.320 e. The monoisotopic (exact) mass is 261 g/mol. The number of hydrogen-bond donors (Lipinski definition) is 1. The summed E-state index contributed by atoms with van der Waals surface area (Å²) in [5, 5.41) is -0.286. The third-order valence-electron chi connectivity index (χ3n) is 1.94. The van der Waals surface area contributed by atoms with E-state index in [0.29, 0.717) is 17.3 Å². The van der Waals surface area contributed by atoms with Crippen LogP contribution in [0.3, 0.4) is 0 Å². The second-order valence-corrected chi connectivity index (χ2v) is 7.14. The highest BCUT2D eigenvalue weighted by Gasteiger charge is 2.20. The van der Waals surface area contributed by atoms with Crippen molar-refractivity contribution in [1.29, 1.82) is 0 Å². The van der Waals surface area contributed by atoms with Crippen LogP contribution in [0, 0.1) is 0 Å². The van der Waals surface area contributed by atoms with Gasteiger partial charge in [-0.25, -0.2) is 0 Å². The summed E-state index contributed by atoms with van der Waals surface area (Å²) in [4.78, 5) is 1.88. The van der Waals surface area contributed by atoms with Crippen molar-refractivity contribution in [3.63, 3.8) is 0 Å². The van der Waals surface area contributed by atoms with Crippen LogP contribution in [0.15, 0.2) is 30.3 Å². The first kappa shape index (κ1) is 13.5. The minimum atomic E-state index is -4.03. The smallest absolute Gasteiger partial charge is 0.308 e. The van der Waals surface area contributed by atoms with Gasteiger partial charge in [-0.15, -0.1) is 0 Å². The second-order valence-electron chi connectivity index (χ2n) is 3.69. The summed E-state index contributed by atoms with van der Waals surface area (Å²) in [6.07, 6.45) is 0. The molecule has 1 aromatic carbocycles. The van der Waals surface area contributed by atoms with Crippen LogP contribution in [-0.4, -0.2) is 38.5 Å². The summed E-state index contributed by atoms with van der Waals surface area (Å²) in [5.74, 6) is 0. The summed E-state index contributed by atoms with van der Waals surface area (Å²) >= 11 is 0. The molecule has 0 aliphatic carbocycles. The third kappa shape index (κ3) is 4.98. The van der Waals surface area contributed by atoms with E-state index < -0.39 is 9.15 Å². The molecule has 0 amide bonds. The van der Waals surface area contributed by atoms with E-state index in [1.165, 1.54) is 0 Å². The van der Waals surface area contributed by atoms with E-state index in [0.717, 1.165) is 5.56 Å². The van der Waals surface area contributed by atoms with E-state index in [1.807, 2.05) is 49.3 Å². The lowest BCUT2D eigenvalue weighted by atomic mass is 10.1. The predicted molar refractivity (Wildman–Crippen MR) is 66.9 cm³/mol. The van der Waals surface area contributed by atoms with E-state index in [4.69, 9.17) is 4.55 Å². The summed E-state index contributed by atoms with van der Waals surface area (Å²) in [6, 6.07) is 9.28. The van der Waals surface area contributed by atoms with Crippen LogP contribution in [0.5, 0.6) is 0 Å². The van der Waals surface area contributed by atoms with Crippen molar-refractivity contribution < 1.29 is 13.0 Å². The minimum Gasteiger partial charge on any atom is -0.308 e. The van der Waals surface area contributed by atoms with E-state index in [-0.39, 0.29) is 5.25 Å². The maximum Gasteiger partial charge on any atom is 0.320 e. The Morgan fingerprint density at radius 1 is 1.31 bits per heavy atom. The van der Waals surface area contributed by atoms with Crippen molar-refractivity contribution >= 4 is 19.9 Å². The van der Waals surface area contributed by atoms with Crippen LogP contribution in [0.4, 0.5) is 0 Å². The molecule has 0 saturated heterocycles.